The predicted molar refractivity (Wildman–Crippen MR) is 58.2 cm³/mol. The van der Waals surface area contributed by atoms with Crippen LogP contribution in [0.2, 0.25) is 0 Å². The van der Waals surface area contributed by atoms with E-state index in [9.17, 15) is 18.0 Å². The molecule has 3 nitrogen and oxygen atoms in total. The Bertz CT molecular complexity index is 260. The van der Waals surface area contributed by atoms with E-state index >= 15 is 0 Å². The molecule has 2 N–H and O–H groups in total. The Hall–Kier alpha value is -0.780. The average molecular weight is 252 g/mol. The summed E-state index contributed by atoms with van der Waals surface area (Å²) >= 11 is 0. The van der Waals surface area contributed by atoms with Crippen LogP contribution in [0.15, 0.2) is 0 Å². The van der Waals surface area contributed by atoms with Gasteiger partial charge in [0.15, 0.2) is 0 Å². The van der Waals surface area contributed by atoms with Gasteiger partial charge in [-0.25, -0.2) is 0 Å². The van der Waals surface area contributed by atoms with E-state index in [4.69, 9.17) is 5.73 Å². The first kappa shape index (κ1) is 14.3. The fourth-order valence-electron chi connectivity index (χ4n) is 2.08. The van der Waals surface area contributed by atoms with Crippen molar-refractivity contribution in [2.75, 3.05) is 13.6 Å². The minimum atomic E-state index is -4.20. The van der Waals surface area contributed by atoms with E-state index in [0.29, 0.717) is 12.8 Å². The zero-order chi connectivity index (χ0) is 13.1. The third kappa shape index (κ3) is 4.93. The van der Waals surface area contributed by atoms with Crippen LogP contribution in [0, 0.1) is 5.92 Å². The third-order valence-electron chi connectivity index (χ3n) is 3.23. The van der Waals surface area contributed by atoms with E-state index in [1.54, 1.807) is 0 Å². The van der Waals surface area contributed by atoms with E-state index in [2.05, 4.69) is 0 Å². The van der Waals surface area contributed by atoms with E-state index in [0.717, 1.165) is 12.8 Å². The van der Waals surface area contributed by atoms with Crippen molar-refractivity contribution in [1.29, 1.82) is 0 Å². The molecule has 1 rings (SSSR count). The molecular formula is C11H19F3N2O. The van der Waals surface area contributed by atoms with Crippen molar-refractivity contribution in [2.24, 2.45) is 11.7 Å². The molecule has 1 aliphatic carbocycles. The van der Waals surface area contributed by atoms with Gasteiger partial charge >= 0.3 is 6.18 Å². The lowest BCUT2D eigenvalue weighted by atomic mass is 9.85. The van der Waals surface area contributed by atoms with Crippen LogP contribution >= 0.6 is 0 Å². The molecule has 1 fully saturated rings. The Labute approximate surface area is 99.1 Å². The van der Waals surface area contributed by atoms with Gasteiger partial charge in [0, 0.05) is 25.6 Å². The van der Waals surface area contributed by atoms with E-state index in [1.165, 1.54) is 11.9 Å². The van der Waals surface area contributed by atoms with E-state index < -0.39 is 12.6 Å². The summed E-state index contributed by atoms with van der Waals surface area (Å²) < 4.78 is 36.1. The Morgan fingerprint density at radius 3 is 2.29 bits per heavy atom. The summed E-state index contributed by atoms with van der Waals surface area (Å²) in [6.07, 6.45) is -2.20. The van der Waals surface area contributed by atoms with Crippen LogP contribution in [-0.2, 0) is 4.79 Å². The largest absolute Gasteiger partial charge is 0.390 e. The SMILES string of the molecule is CN(CCC(F)(F)F)C(=O)C1CCC(N)CC1. The Morgan fingerprint density at radius 2 is 1.82 bits per heavy atom. The third-order valence-corrected chi connectivity index (χ3v) is 3.23. The maximum absolute atomic E-state index is 12.0. The number of carbonyl (C=O) groups excluding carboxylic acids is 1. The average Bonchev–Trinajstić information content (AvgIpc) is 2.25. The highest BCUT2D eigenvalue weighted by molar-refractivity contribution is 5.78. The number of alkyl halides is 3. The number of amides is 1. The summed E-state index contributed by atoms with van der Waals surface area (Å²) in [5, 5.41) is 0. The lowest BCUT2D eigenvalue weighted by Crippen LogP contribution is -2.38. The van der Waals surface area contributed by atoms with Crippen molar-refractivity contribution in [3.8, 4) is 0 Å². The normalized spacial score (nSPS) is 25.7. The van der Waals surface area contributed by atoms with Crippen LogP contribution < -0.4 is 5.73 Å². The first-order valence-corrected chi connectivity index (χ1v) is 5.87. The highest BCUT2D eigenvalue weighted by Crippen LogP contribution is 2.25. The number of halogens is 3. The summed E-state index contributed by atoms with van der Waals surface area (Å²) in [5.41, 5.74) is 5.72. The van der Waals surface area contributed by atoms with Gasteiger partial charge in [-0.05, 0) is 25.7 Å². The summed E-state index contributed by atoms with van der Waals surface area (Å²) in [6, 6.07) is 0.138. The number of nitrogens with zero attached hydrogens (tertiary/aromatic N) is 1. The van der Waals surface area contributed by atoms with Gasteiger partial charge in [-0.1, -0.05) is 0 Å². The zero-order valence-electron chi connectivity index (χ0n) is 9.96. The van der Waals surface area contributed by atoms with Gasteiger partial charge < -0.3 is 10.6 Å². The second-order valence-corrected chi connectivity index (χ2v) is 4.74. The lowest BCUT2D eigenvalue weighted by Gasteiger charge is -2.29. The monoisotopic (exact) mass is 252 g/mol. The molecule has 0 heterocycles. The quantitative estimate of drug-likeness (QED) is 0.834. The van der Waals surface area contributed by atoms with Crippen LogP contribution in [0.5, 0.6) is 0 Å². The molecule has 0 aromatic rings. The van der Waals surface area contributed by atoms with Crippen LogP contribution in [0.4, 0.5) is 13.2 Å². The molecule has 0 unspecified atom stereocenters. The van der Waals surface area contributed by atoms with Crippen LogP contribution in [0.25, 0.3) is 0 Å². The molecule has 0 bridgehead atoms. The number of nitrogens with two attached hydrogens (primary N) is 1. The second kappa shape index (κ2) is 5.71. The maximum atomic E-state index is 12.0. The fourth-order valence-corrected chi connectivity index (χ4v) is 2.08. The molecule has 1 amide bonds. The molecule has 0 aromatic heterocycles. The number of hydrogen-bond acceptors (Lipinski definition) is 2. The minimum Gasteiger partial charge on any atom is -0.345 e. The first-order chi connectivity index (χ1) is 7.79. The number of carbonyl (C=O) groups is 1. The summed E-state index contributed by atoms with van der Waals surface area (Å²) in [5.74, 6) is -0.325. The van der Waals surface area contributed by atoms with E-state index in [1.807, 2.05) is 0 Å². The van der Waals surface area contributed by atoms with E-state index in [-0.39, 0.29) is 24.4 Å². The molecule has 6 heteroatoms. The minimum absolute atomic E-state index is 0.138. The van der Waals surface area contributed by atoms with Crippen molar-refractivity contribution >= 4 is 5.91 Å². The molecule has 1 aliphatic rings. The molecule has 0 atom stereocenters. The van der Waals surface area contributed by atoms with Gasteiger partial charge in [0.1, 0.15) is 0 Å². The second-order valence-electron chi connectivity index (χ2n) is 4.74. The number of rotatable bonds is 3. The summed E-state index contributed by atoms with van der Waals surface area (Å²) in [7, 11) is 1.43. The van der Waals surface area contributed by atoms with Crippen molar-refractivity contribution in [2.45, 2.75) is 44.3 Å². The molecule has 17 heavy (non-hydrogen) atoms. The molecule has 1 saturated carbocycles. The first-order valence-electron chi connectivity index (χ1n) is 5.87. The van der Waals surface area contributed by atoms with Crippen molar-refractivity contribution in [1.82, 2.24) is 4.90 Å². The van der Waals surface area contributed by atoms with Crippen LogP contribution in [-0.4, -0.2) is 36.6 Å². The van der Waals surface area contributed by atoms with Gasteiger partial charge in [-0.2, -0.15) is 13.2 Å². The van der Waals surface area contributed by atoms with Crippen molar-refractivity contribution < 1.29 is 18.0 Å². The van der Waals surface area contributed by atoms with Gasteiger partial charge in [-0.15, -0.1) is 0 Å². The molecule has 0 spiro atoms. The molecule has 0 aromatic carbocycles. The molecule has 0 radical (unpaired) electrons. The Balaban J connectivity index is 2.36. The standard InChI is InChI=1S/C11H19F3N2O/c1-16(7-6-11(12,13)14)10(17)8-2-4-9(15)5-3-8/h8-9H,2-7,15H2,1H3. The van der Waals surface area contributed by atoms with Crippen molar-refractivity contribution in [3.05, 3.63) is 0 Å². The molecular weight excluding hydrogens is 233 g/mol. The van der Waals surface area contributed by atoms with Crippen molar-refractivity contribution in [3.63, 3.8) is 0 Å². The van der Waals surface area contributed by atoms with Gasteiger partial charge in [0.05, 0.1) is 6.42 Å². The fraction of sp³-hybridized carbons (Fsp3) is 0.909. The highest BCUT2D eigenvalue weighted by Gasteiger charge is 2.31. The highest BCUT2D eigenvalue weighted by atomic mass is 19.4. The Kier molecular flexibility index (Phi) is 4.80. The smallest absolute Gasteiger partial charge is 0.345 e. The maximum Gasteiger partial charge on any atom is 0.390 e. The summed E-state index contributed by atoms with van der Waals surface area (Å²) in [6.45, 7) is -0.259. The molecule has 0 aliphatic heterocycles. The van der Waals surface area contributed by atoms with Gasteiger partial charge in [0.2, 0.25) is 5.91 Å². The number of hydrogen-bond donors (Lipinski definition) is 1. The zero-order valence-corrected chi connectivity index (χ0v) is 9.96. The summed E-state index contributed by atoms with van der Waals surface area (Å²) in [4.78, 5) is 13.0. The molecule has 0 saturated heterocycles. The van der Waals surface area contributed by atoms with Crippen LogP contribution in [0.1, 0.15) is 32.1 Å². The lowest BCUT2D eigenvalue weighted by molar-refractivity contribution is -0.146. The van der Waals surface area contributed by atoms with Crippen LogP contribution in [0.3, 0.4) is 0 Å². The Morgan fingerprint density at radius 1 is 1.29 bits per heavy atom. The van der Waals surface area contributed by atoms with Gasteiger partial charge in [-0.3, -0.25) is 4.79 Å². The predicted octanol–water partition coefficient (Wildman–Crippen LogP) is 1.91. The van der Waals surface area contributed by atoms with Gasteiger partial charge in [0.25, 0.3) is 0 Å². The molecule has 100 valence electrons. The topological polar surface area (TPSA) is 46.3 Å².